The van der Waals surface area contributed by atoms with E-state index in [0.717, 1.165) is 17.0 Å². The van der Waals surface area contributed by atoms with Crippen LogP contribution >= 0.6 is 11.6 Å². The minimum absolute atomic E-state index is 0.0297. The molecule has 1 aromatic rings. The largest absolute Gasteiger partial charge is 0.349 e. The van der Waals surface area contributed by atoms with Crippen LogP contribution in [-0.2, 0) is 14.8 Å². The number of benzene rings is 1. The highest BCUT2D eigenvalue weighted by molar-refractivity contribution is 7.92. The predicted molar refractivity (Wildman–Crippen MR) is 109 cm³/mol. The lowest BCUT2D eigenvalue weighted by atomic mass is 9.81. The summed E-state index contributed by atoms with van der Waals surface area (Å²) in [4.78, 5) is 13.0. The van der Waals surface area contributed by atoms with Crippen molar-refractivity contribution in [1.82, 2.24) is 5.32 Å². The molecular weight excluding hydrogens is 372 g/mol. The Morgan fingerprint density at radius 3 is 2.23 bits per heavy atom. The molecule has 5 nitrogen and oxygen atoms in total. The Bertz CT molecular complexity index is 739. The van der Waals surface area contributed by atoms with Crippen LogP contribution in [0.1, 0.15) is 54.4 Å². The van der Waals surface area contributed by atoms with Crippen molar-refractivity contribution in [2.75, 3.05) is 10.6 Å². The Kier molecular flexibility index (Phi) is 7.16. The third-order valence-corrected chi connectivity index (χ3v) is 5.24. The molecule has 1 amide bonds. The monoisotopic (exact) mass is 402 g/mol. The van der Waals surface area contributed by atoms with Crippen molar-refractivity contribution in [3.8, 4) is 0 Å². The Morgan fingerprint density at radius 1 is 1.23 bits per heavy atom. The van der Waals surface area contributed by atoms with E-state index < -0.39 is 21.6 Å². The van der Waals surface area contributed by atoms with E-state index in [9.17, 15) is 13.2 Å². The number of halogens is 1. The lowest BCUT2D eigenvalue weighted by Gasteiger charge is -2.37. The van der Waals surface area contributed by atoms with E-state index in [1.807, 2.05) is 13.8 Å². The van der Waals surface area contributed by atoms with Crippen molar-refractivity contribution in [2.24, 2.45) is 5.41 Å². The number of carbonyl (C=O) groups is 1. The summed E-state index contributed by atoms with van der Waals surface area (Å²) in [5.41, 5.74) is -0.0435. The smallest absolute Gasteiger partial charge is 0.244 e. The van der Waals surface area contributed by atoms with Gasteiger partial charge >= 0.3 is 0 Å². The van der Waals surface area contributed by atoms with Crippen LogP contribution in [0.5, 0.6) is 0 Å². The predicted octanol–water partition coefficient (Wildman–Crippen LogP) is 4.22. The standard InChI is InChI=1S/C19H31ClN2O3S/c1-8-16(17(23)21-19(5,6)13-18(2,3)4)22(26(7,24)25)15-11-9-10-14(20)12-15/h9-12,16H,8,13H2,1-7H3,(H,21,23). The molecule has 0 radical (unpaired) electrons. The van der Waals surface area contributed by atoms with Gasteiger partial charge in [0.05, 0.1) is 11.9 Å². The molecule has 1 aromatic carbocycles. The summed E-state index contributed by atoms with van der Waals surface area (Å²) >= 11 is 6.02. The number of sulfonamides is 1. The van der Waals surface area contributed by atoms with E-state index in [4.69, 9.17) is 11.6 Å². The van der Waals surface area contributed by atoms with Gasteiger partial charge in [-0.25, -0.2) is 8.42 Å². The van der Waals surface area contributed by atoms with Gasteiger partial charge in [0.2, 0.25) is 15.9 Å². The fourth-order valence-corrected chi connectivity index (χ4v) is 4.85. The van der Waals surface area contributed by atoms with Crippen molar-refractivity contribution in [3.05, 3.63) is 29.3 Å². The quantitative estimate of drug-likeness (QED) is 0.742. The van der Waals surface area contributed by atoms with Crippen LogP contribution in [0.2, 0.25) is 5.02 Å². The van der Waals surface area contributed by atoms with Crippen molar-refractivity contribution < 1.29 is 13.2 Å². The van der Waals surface area contributed by atoms with Gasteiger partial charge < -0.3 is 5.32 Å². The second kappa shape index (κ2) is 8.17. The van der Waals surface area contributed by atoms with Crippen LogP contribution in [0.3, 0.4) is 0 Å². The van der Waals surface area contributed by atoms with E-state index in [2.05, 4.69) is 26.1 Å². The van der Waals surface area contributed by atoms with Crippen molar-refractivity contribution in [1.29, 1.82) is 0 Å². The highest BCUT2D eigenvalue weighted by Gasteiger charge is 2.35. The van der Waals surface area contributed by atoms with Gasteiger partial charge in [-0.05, 0) is 50.3 Å². The van der Waals surface area contributed by atoms with Crippen LogP contribution in [0.4, 0.5) is 5.69 Å². The number of amides is 1. The first-order valence-electron chi connectivity index (χ1n) is 8.73. The van der Waals surface area contributed by atoms with Crippen LogP contribution < -0.4 is 9.62 Å². The van der Waals surface area contributed by atoms with Gasteiger partial charge in [0, 0.05) is 10.6 Å². The molecule has 1 unspecified atom stereocenters. The van der Waals surface area contributed by atoms with E-state index >= 15 is 0 Å². The number of anilines is 1. The average molecular weight is 403 g/mol. The second-order valence-corrected chi connectivity index (χ2v) is 10.9. The Hall–Kier alpha value is -1.27. The van der Waals surface area contributed by atoms with Crippen LogP contribution in [0, 0.1) is 5.41 Å². The number of nitrogens with zero attached hydrogens (tertiary/aromatic N) is 1. The fourth-order valence-electron chi connectivity index (χ4n) is 3.46. The Labute approximate surface area is 163 Å². The maximum absolute atomic E-state index is 13.0. The van der Waals surface area contributed by atoms with Gasteiger partial charge in [0.1, 0.15) is 6.04 Å². The molecule has 0 saturated heterocycles. The molecule has 0 saturated carbocycles. The summed E-state index contributed by atoms with van der Waals surface area (Å²) in [5.74, 6) is -0.313. The molecule has 1 rings (SSSR count). The molecule has 1 atom stereocenters. The first kappa shape index (κ1) is 22.8. The lowest BCUT2D eigenvalue weighted by Crippen LogP contribution is -2.55. The molecule has 0 aliphatic rings. The highest BCUT2D eigenvalue weighted by Crippen LogP contribution is 2.29. The first-order valence-corrected chi connectivity index (χ1v) is 11.0. The third kappa shape index (κ3) is 6.80. The molecule has 1 N–H and O–H groups in total. The van der Waals surface area contributed by atoms with E-state index in [-0.39, 0.29) is 11.3 Å². The Balaban J connectivity index is 3.21. The van der Waals surface area contributed by atoms with Gasteiger partial charge in [-0.2, -0.15) is 0 Å². The normalized spacial score (nSPS) is 14.0. The zero-order valence-electron chi connectivity index (χ0n) is 16.8. The number of rotatable bonds is 7. The van der Waals surface area contributed by atoms with Crippen LogP contribution in [0.15, 0.2) is 24.3 Å². The summed E-state index contributed by atoms with van der Waals surface area (Å²) < 4.78 is 26.0. The minimum Gasteiger partial charge on any atom is -0.349 e. The van der Waals surface area contributed by atoms with E-state index in [0.29, 0.717) is 17.1 Å². The van der Waals surface area contributed by atoms with Crippen molar-refractivity contribution in [2.45, 2.75) is 66.0 Å². The SMILES string of the molecule is CCC(C(=O)NC(C)(C)CC(C)(C)C)N(c1cccc(Cl)c1)S(C)(=O)=O. The third-order valence-electron chi connectivity index (χ3n) is 3.83. The molecule has 26 heavy (non-hydrogen) atoms. The summed E-state index contributed by atoms with van der Waals surface area (Å²) in [5, 5.41) is 3.44. The number of hydrogen-bond acceptors (Lipinski definition) is 3. The van der Waals surface area contributed by atoms with Crippen molar-refractivity contribution >= 4 is 33.2 Å². The van der Waals surface area contributed by atoms with Gasteiger partial charge in [0.15, 0.2) is 0 Å². The number of carbonyl (C=O) groups excluding carboxylic acids is 1. The molecule has 148 valence electrons. The highest BCUT2D eigenvalue weighted by atomic mass is 35.5. The number of hydrogen-bond donors (Lipinski definition) is 1. The van der Waals surface area contributed by atoms with Crippen LogP contribution in [-0.4, -0.2) is 32.2 Å². The molecule has 0 fully saturated rings. The van der Waals surface area contributed by atoms with E-state index in [1.165, 1.54) is 0 Å². The van der Waals surface area contributed by atoms with Gasteiger partial charge in [0.25, 0.3) is 0 Å². The van der Waals surface area contributed by atoms with Gasteiger partial charge in [-0.15, -0.1) is 0 Å². The summed E-state index contributed by atoms with van der Waals surface area (Å²) in [6.07, 6.45) is 2.21. The maximum atomic E-state index is 13.0. The molecule has 0 aliphatic heterocycles. The van der Waals surface area contributed by atoms with E-state index in [1.54, 1.807) is 31.2 Å². The molecule has 0 aliphatic carbocycles. The minimum atomic E-state index is -3.67. The topological polar surface area (TPSA) is 66.5 Å². The molecule has 0 spiro atoms. The Morgan fingerprint density at radius 2 is 1.81 bits per heavy atom. The lowest BCUT2D eigenvalue weighted by molar-refractivity contribution is -0.124. The zero-order chi connectivity index (χ0) is 20.3. The van der Waals surface area contributed by atoms with Crippen molar-refractivity contribution in [3.63, 3.8) is 0 Å². The van der Waals surface area contributed by atoms with Gasteiger partial charge in [-0.3, -0.25) is 9.10 Å². The molecule has 7 heteroatoms. The molecule has 0 bridgehead atoms. The summed E-state index contributed by atoms with van der Waals surface area (Å²) in [6, 6.07) is 5.69. The second-order valence-electron chi connectivity index (χ2n) is 8.57. The number of nitrogens with one attached hydrogen (secondary N) is 1. The average Bonchev–Trinajstić information content (AvgIpc) is 2.39. The summed E-state index contributed by atoms with van der Waals surface area (Å²) in [7, 11) is -3.67. The van der Waals surface area contributed by atoms with Crippen LogP contribution in [0.25, 0.3) is 0 Å². The maximum Gasteiger partial charge on any atom is 0.244 e. The molecule has 0 heterocycles. The molecular formula is C19H31ClN2O3S. The summed E-state index contributed by atoms with van der Waals surface area (Å²) in [6.45, 7) is 12.0. The first-order chi connectivity index (χ1) is 11.7. The zero-order valence-corrected chi connectivity index (χ0v) is 18.3. The van der Waals surface area contributed by atoms with Gasteiger partial charge in [-0.1, -0.05) is 45.4 Å². The molecule has 0 aromatic heterocycles. The fraction of sp³-hybridized carbons (Fsp3) is 0.632.